The zero-order valence-corrected chi connectivity index (χ0v) is 22.2. The number of imide groups is 1. The van der Waals surface area contributed by atoms with Gasteiger partial charge in [0, 0.05) is 43.2 Å². The Morgan fingerprint density at radius 2 is 1.89 bits per heavy atom. The second-order valence-corrected chi connectivity index (χ2v) is 8.98. The Balaban J connectivity index is 1.87. The number of carbonyl (C=O) groups excluding carboxylic acids is 2. The maximum atomic E-state index is 13.5. The molecule has 2 aromatic carbocycles. The number of ether oxygens (including phenoxy) is 2. The summed E-state index contributed by atoms with van der Waals surface area (Å²) < 4.78 is 12.4. The van der Waals surface area contributed by atoms with Crippen molar-refractivity contribution in [1.82, 2.24) is 14.7 Å². The third-order valence-corrected chi connectivity index (χ3v) is 6.42. The quantitative estimate of drug-likeness (QED) is 0.214. The number of para-hydroxylation sites is 1. The summed E-state index contributed by atoms with van der Waals surface area (Å²) >= 11 is 6.48. The number of nitrogens with zero attached hydrogens (tertiary/aromatic N) is 4. The molecule has 194 valence electrons. The first kappa shape index (κ1) is 26.9. The molecule has 4 rings (SSSR count). The van der Waals surface area contributed by atoms with Crippen LogP contribution < -0.4 is 4.74 Å². The van der Waals surface area contributed by atoms with E-state index < -0.39 is 11.8 Å². The third-order valence-electron chi connectivity index (χ3n) is 6.12. The van der Waals surface area contributed by atoms with E-state index >= 15 is 0 Å². The molecule has 0 spiro atoms. The number of amides is 2. The standard InChI is InChI=1S/C29H27ClN4O4/c1-4-38-26-12-11-20(16-25(26)30)27-21(18-34(32-27)22-9-6-5-7-10-22)15-23-19(2)24(17-31)29(36)33(28(23)35)13-8-14-37-3/h5-7,9-12,15-16,18H,4,8,13-14H2,1-3H3/b23-15+. The van der Waals surface area contributed by atoms with Crippen molar-refractivity contribution >= 4 is 29.5 Å². The zero-order chi connectivity index (χ0) is 27.2. The van der Waals surface area contributed by atoms with Crippen molar-refractivity contribution in [1.29, 1.82) is 5.26 Å². The first-order chi connectivity index (χ1) is 18.4. The molecule has 3 aromatic rings. The van der Waals surface area contributed by atoms with E-state index in [0.717, 1.165) is 16.2 Å². The maximum Gasteiger partial charge on any atom is 0.271 e. The summed E-state index contributed by atoms with van der Waals surface area (Å²) in [5, 5.41) is 14.9. The summed E-state index contributed by atoms with van der Waals surface area (Å²) in [6.07, 6.45) is 3.94. The van der Waals surface area contributed by atoms with Crippen LogP contribution in [0, 0.1) is 11.3 Å². The van der Waals surface area contributed by atoms with Gasteiger partial charge in [0.15, 0.2) is 0 Å². The number of hydrogen-bond acceptors (Lipinski definition) is 6. The van der Waals surface area contributed by atoms with Crippen LogP contribution in [0.5, 0.6) is 5.75 Å². The topological polar surface area (TPSA) is 97.4 Å². The Morgan fingerprint density at radius 3 is 2.55 bits per heavy atom. The van der Waals surface area contributed by atoms with Gasteiger partial charge < -0.3 is 9.47 Å². The van der Waals surface area contributed by atoms with Crippen molar-refractivity contribution in [3.8, 4) is 28.8 Å². The Labute approximate surface area is 226 Å². The number of nitriles is 1. The first-order valence-electron chi connectivity index (χ1n) is 12.2. The predicted octanol–water partition coefficient (Wildman–Crippen LogP) is 5.22. The number of benzene rings is 2. The van der Waals surface area contributed by atoms with Crippen LogP contribution in [0.25, 0.3) is 23.0 Å². The molecule has 0 atom stereocenters. The van der Waals surface area contributed by atoms with Gasteiger partial charge in [0.2, 0.25) is 0 Å². The van der Waals surface area contributed by atoms with Crippen molar-refractivity contribution in [2.45, 2.75) is 20.3 Å². The van der Waals surface area contributed by atoms with Gasteiger partial charge >= 0.3 is 0 Å². The van der Waals surface area contributed by atoms with Crippen molar-refractivity contribution < 1.29 is 19.1 Å². The van der Waals surface area contributed by atoms with Crippen LogP contribution in [0.4, 0.5) is 0 Å². The number of methoxy groups -OCH3 is 1. The second-order valence-electron chi connectivity index (χ2n) is 8.57. The van der Waals surface area contributed by atoms with Gasteiger partial charge in [-0.05, 0) is 62.2 Å². The van der Waals surface area contributed by atoms with Gasteiger partial charge in [-0.3, -0.25) is 14.5 Å². The van der Waals surface area contributed by atoms with Gasteiger partial charge in [-0.15, -0.1) is 0 Å². The van der Waals surface area contributed by atoms with Gasteiger partial charge in [0.05, 0.1) is 17.3 Å². The summed E-state index contributed by atoms with van der Waals surface area (Å²) in [4.78, 5) is 27.5. The van der Waals surface area contributed by atoms with E-state index in [1.54, 1.807) is 43.1 Å². The lowest BCUT2D eigenvalue weighted by Crippen LogP contribution is -2.43. The summed E-state index contributed by atoms with van der Waals surface area (Å²) in [5.74, 6) is -0.502. The van der Waals surface area contributed by atoms with Gasteiger partial charge in [-0.2, -0.15) is 10.4 Å². The van der Waals surface area contributed by atoms with E-state index in [1.165, 1.54) is 0 Å². The lowest BCUT2D eigenvalue weighted by molar-refractivity contribution is -0.140. The largest absolute Gasteiger partial charge is 0.492 e. The molecule has 0 unspecified atom stereocenters. The molecule has 1 aliphatic rings. The summed E-state index contributed by atoms with van der Waals surface area (Å²) in [7, 11) is 1.55. The van der Waals surface area contributed by atoms with E-state index in [2.05, 4.69) is 0 Å². The SMILES string of the molecule is CCOc1ccc(-c2nn(-c3ccccc3)cc2/C=C2/C(=O)N(CCCOC)C(=O)C(C#N)=C2C)cc1Cl. The van der Waals surface area contributed by atoms with Crippen LogP contribution >= 0.6 is 11.6 Å². The third kappa shape index (κ3) is 5.40. The fourth-order valence-corrected chi connectivity index (χ4v) is 4.44. The summed E-state index contributed by atoms with van der Waals surface area (Å²) in [6.45, 7) is 4.50. The monoisotopic (exact) mass is 530 g/mol. The number of rotatable bonds is 9. The molecule has 38 heavy (non-hydrogen) atoms. The Hall–Kier alpha value is -4.19. The molecule has 1 aromatic heterocycles. The first-order valence-corrected chi connectivity index (χ1v) is 12.5. The fraction of sp³-hybridized carbons (Fsp3) is 0.241. The highest BCUT2D eigenvalue weighted by Crippen LogP contribution is 2.34. The highest BCUT2D eigenvalue weighted by atomic mass is 35.5. The van der Waals surface area contributed by atoms with Crippen LogP contribution in [0.15, 0.2) is 71.4 Å². The fourth-order valence-electron chi connectivity index (χ4n) is 4.21. The minimum Gasteiger partial charge on any atom is -0.492 e. The zero-order valence-electron chi connectivity index (χ0n) is 21.4. The minimum atomic E-state index is -0.596. The Bertz CT molecular complexity index is 1470. The molecule has 8 nitrogen and oxygen atoms in total. The van der Waals surface area contributed by atoms with Gasteiger partial charge in [0.25, 0.3) is 11.8 Å². The molecule has 2 amide bonds. The molecule has 0 radical (unpaired) electrons. The highest BCUT2D eigenvalue weighted by Gasteiger charge is 2.35. The van der Waals surface area contributed by atoms with Crippen LogP contribution in [0.1, 0.15) is 25.8 Å². The molecule has 0 bridgehead atoms. The van der Waals surface area contributed by atoms with Gasteiger partial charge in [-0.1, -0.05) is 29.8 Å². The van der Waals surface area contributed by atoms with Crippen LogP contribution in [-0.2, 0) is 14.3 Å². The Morgan fingerprint density at radius 1 is 1.13 bits per heavy atom. The lowest BCUT2D eigenvalue weighted by atomic mass is 9.93. The number of hydrogen-bond donors (Lipinski definition) is 0. The van der Waals surface area contributed by atoms with E-state index in [4.69, 9.17) is 26.2 Å². The highest BCUT2D eigenvalue weighted by molar-refractivity contribution is 6.32. The Kier molecular flexibility index (Phi) is 8.41. The molecule has 0 aliphatic carbocycles. The smallest absolute Gasteiger partial charge is 0.271 e. The molecule has 0 saturated carbocycles. The lowest BCUT2D eigenvalue weighted by Gasteiger charge is -2.27. The summed E-state index contributed by atoms with van der Waals surface area (Å²) in [5.41, 5.74) is 3.27. The maximum absolute atomic E-state index is 13.5. The van der Waals surface area contributed by atoms with Crippen molar-refractivity contribution in [3.63, 3.8) is 0 Å². The average Bonchev–Trinajstić information content (AvgIpc) is 3.34. The molecule has 2 heterocycles. The molecule has 1 aliphatic heterocycles. The van der Waals surface area contributed by atoms with E-state index in [9.17, 15) is 14.9 Å². The van der Waals surface area contributed by atoms with E-state index in [-0.39, 0.29) is 17.7 Å². The molecular weight excluding hydrogens is 504 g/mol. The average molecular weight is 531 g/mol. The number of halogens is 1. The summed E-state index contributed by atoms with van der Waals surface area (Å²) in [6, 6.07) is 16.9. The van der Waals surface area contributed by atoms with Crippen LogP contribution in [0.2, 0.25) is 5.02 Å². The van der Waals surface area contributed by atoms with Crippen LogP contribution in [0.3, 0.4) is 0 Å². The second kappa shape index (κ2) is 11.9. The van der Waals surface area contributed by atoms with Crippen molar-refractivity contribution in [2.24, 2.45) is 0 Å². The molecule has 0 N–H and O–H groups in total. The van der Waals surface area contributed by atoms with Crippen molar-refractivity contribution in [3.05, 3.63) is 82.0 Å². The predicted molar refractivity (Wildman–Crippen MR) is 145 cm³/mol. The molecule has 0 fully saturated rings. The van der Waals surface area contributed by atoms with Crippen molar-refractivity contribution in [2.75, 3.05) is 26.9 Å². The minimum absolute atomic E-state index is 0.0608. The number of aromatic nitrogens is 2. The van der Waals surface area contributed by atoms with E-state index in [1.807, 2.05) is 49.4 Å². The molecule has 9 heteroatoms. The molecular formula is C29H27ClN4O4. The number of carbonyl (C=O) groups is 2. The normalized spacial score (nSPS) is 14.8. The van der Waals surface area contributed by atoms with Gasteiger partial charge in [0.1, 0.15) is 23.1 Å². The van der Waals surface area contributed by atoms with Gasteiger partial charge in [-0.25, -0.2) is 4.68 Å². The van der Waals surface area contributed by atoms with E-state index in [0.29, 0.717) is 47.2 Å². The molecule has 0 saturated heterocycles. The van der Waals surface area contributed by atoms with Crippen LogP contribution in [-0.4, -0.2) is 53.4 Å².